The van der Waals surface area contributed by atoms with Crippen LogP contribution in [-0.4, -0.2) is 15.5 Å². The lowest BCUT2D eigenvalue weighted by Crippen LogP contribution is -2.33. The summed E-state index contributed by atoms with van der Waals surface area (Å²) >= 11 is 0. The van der Waals surface area contributed by atoms with E-state index in [1.807, 2.05) is 10.8 Å². The molecule has 2 heterocycles. The molecule has 0 aromatic carbocycles. The van der Waals surface area contributed by atoms with Crippen LogP contribution in [0.25, 0.3) is 0 Å². The molecule has 1 aliphatic rings. The van der Waals surface area contributed by atoms with Crippen molar-refractivity contribution in [1.29, 1.82) is 0 Å². The highest BCUT2D eigenvalue weighted by molar-refractivity contribution is 5.76. The summed E-state index contributed by atoms with van der Waals surface area (Å²) in [5.74, 6) is 1.04. The molecule has 0 fully saturated rings. The summed E-state index contributed by atoms with van der Waals surface area (Å²) in [5, 5.41) is 2.75. The van der Waals surface area contributed by atoms with Crippen molar-refractivity contribution in [2.24, 2.45) is 0 Å². The third-order valence-electron chi connectivity index (χ3n) is 2.03. The maximum absolute atomic E-state index is 11.0. The van der Waals surface area contributed by atoms with Crippen molar-refractivity contribution in [1.82, 2.24) is 14.9 Å². The molecule has 2 rings (SSSR count). The molecule has 0 unspecified atom stereocenters. The quantitative estimate of drug-likeness (QED) is 0.640. The van der Waals surface area contributed by atoms with Crippen LogP contribution < -0.4 is 5.32 Å². The van der Waals surface area contributed by atoms with Gasteiger partial charge in [0, 0.05) is 6.20 Å². The lowest BCUT2D eigenvalue weighted by molar-refractivity contribution is -0.122. The average Bonchev–Trinajstić information content (AvgIpc) is 2.46. The van der Waals surface area contributed by atoms with Gasteiger partial charge in [-0.15, -0.1) is 0 Å². The van der Waals surface area contributed by atoms with E-state index in [2.05, 4.69) is 17.2 Å². The van der Waals surface area contributed by atoms with Crippen molar-refractivity contribution in [2.75, 3.05) is 0 Å². The molecule has 1 aromatic rings. The fraction of sp³-hybridized carbons (Fsp3) is 0.500. The first kappa shape index (κ1) is 7.34. The molecule has 64 valence electrons. The van der Waals surface area contributed by atoms with Crippen LogP contribution in [-0.2, 0) is 24.3 Å². The minimum absolute atomic E-state index is 0.0718. The van der Waals surface area contributed by atoms with E-state index in [0.717, 1.165) is 17.9 Å². The number of carbonyl (C=O) groups is 1. The van der Waals surface area contributed by atoms with E-state index in [9.17, 15) is 4.79 Å². The normalized spacial score (nSPS) is 15.6. The zero-order chi connectivity index (χ0) is 8.55. The Morgan fingerprint density at radius 1 is 1.75 bits per heavy atom. The Kier molecular flexibility index (Phi) is 1.60. The number of hydrogen-bond acceptors (Lipinski definition) is 2. The van der Waals surface area contributed by atoms with Crippen LogP contribution in [0.1, 0.15) is 18.4 Å². The van der Waals surface area contributed by atoms with Gasteiger partial charge in [-0.05, 0) is 6.42 Å². The third kappa shape index (κ3) is 1.09. The molecule has 0 radical (unpaired) electrons. The number of hydrogen-bond donors (Lipinski definition) is 1. The Morgan fingerprint density at radius 2 is 2.58 bits per heavy atom. The number of nitrogens with zero attached hydrogens (tertiary/aromatic N) is 2. The van der Waals surface area contributed by atoms with Crippen molar-refractivity contribution in [3.63, 3.8) is 0 Å². The number of fused-ring (bicyclic) bond motifs is 1. The summed E-state index contributed by atoms with van der Waals surface area (Å²) in [7, 11) is 0. The van der Waals surface area contributed by atoms with Gasteiger partial charge in [0.15, 0.2) is 0 Å². The van der Waals surface area contributed by atoms with Gasteiger partial charge in [-0.3, -0.25) is 4.79 Å². The molecule has 12 heavy (non-hydrogen) atoms. The van der Waals surface area contributed by atoms with Crippen LogP contribution in [0.15, 0.2) is 6.20 Å². The van der Waals surface area contributed by atoms with Crippen molar-refractivity contribution in [3.05, 3.63) is 17.7 Å². The lowest BCUT2D eigenvalue weighted by atomic mass is 10.4. The monoisotopic (exact) mass is 165 g/mol. The van der Waals surface area contributed by atoms with Gasteiger partial charge < -0.3 is 9.88 Å². The highest BCUT2D eigenvalue weighted by Gasteiger charge is 2.15. The number of imidazole rings is 1. The molecule has 0 bridgehead atoms. The first-order valence-electron chi connectivity index (χ1n) is 4.11. The van der Waals surface area contributed by atoms with Crippen LogP contribution in [0.3, 0.4) is 0 Å². The molecule has 4 heteroatoms. The van der Waals surface area contributed by atoms with Crippen molar-refractivity contribution >= 4 is 5.91 Å². The molecule has 0 spiro atoms. The van der Waals surface area contributed by atoms with E-state index in [-0.39, 0.29) is 5.91 Å². The minimum Gasteiger partial charge on any atom is -0.347 e. The Labute approximate surface area is 70.6 Å². The molecule has 1 N–H and O–H groups in total. The Morgan fingerprint density at radius 3 is 3.33 bits per heavy atom. The smallest absolute Gasteiger partial charge is 0.240 e. The summed E-state index contributed by atoms with van der Waals surface area (Å²) < 4.78 is 1.91. The molecule has 0 saturated carbocycles. The van der Waals surface area contributed by atoms with Gasteiger partial charge in [0.05, 0.1) is 12.2 Å². The van der Waals surface area contributed by atoms with Crippen LogP contribution in [0.4, 0.5) is 0 Å². The van der Waals surface area contributed by atoms with E-state index >= 15 is 0 Å². The molecule has 4 nitrogen and oxygen atoms in total. The average molecular weight is 165 g/mol. The largest absolute Gasteiger partial charge is 0.347 e. The van der Waals surface area contributed by atoms with Gasteiger partial charge in [-0.2, -0.15) is 0 Å². The second-order valence-corrected chi connectivity index (χ2v) is 2.91. The standard InChI is InChI=1S/C8H11N3O/c1-2-6-4-11-5-8(12)9-3-7(11)10-6/h4H,2-3,5H2,1H3,(H,9,12). The topological polar surface area (TPSA) is 46.9 Å². The fourth-order valence-electron chi connectivity index (χ4n) is 1.35. The number of aryl methyl sites for hydroxylation is 1. The van der Waals surface area contributed by atoms with Gasteiger partial charge in [-0.1, -0.05) is 6.92 Å². The lowest BCUT2D eigenvalue weighted by Gasteiger charge is -2.13. The summed E-state index contributed by atoms with van der Waals surface area (Å²) in [6.45, 7) is 3.05. The molecule has 1 aromatic heterocycles. The first-order valence-corrected chi connectivity index (χ1v) is 4.11. The molecule has 0 atom stereocenters. The molecule has 0 aliphatic carbocycles. The molecule has 1 amide bonds. The van der Waals surface area contributed by atoms with Crippen molar-refractivity contribution < 1.29 is 4.79 Å². The van der Waals surface area contributed by atoms with Crippen molar-refractivity contribution in [3.8, 4) is 0 Å². The van der Waals surface area contributed by atoms with Gasteiger partial charge in [0.2, 0.25) is 5.91 Å². The van der Waals surface area contributed by atoms with E-state index in [1.165, 1.54) is 0 Å². The van der Waals surface area contributed by atoms with E-state index < -0.39 is 0 Å². The number of aromatic nitrogens is 2. The third-order valence-corrected chi connectivity index (χ3v) is 2.03. The maximum atomic E-state index is 11.0. The zero-order valence-electron chi connectivity index (χ0n) is 7.00. The Bertz CT molecular complexity index is 316. The predicted molar refractivity (Wildman–Crippen MR) is 43.5 cm³/mol. The van der Waals surface area contributed by atoms with Crippen LogP contribution in [0.5, 0.6) is 0 Å². The van der Waals surface area contributed by atoms with Gasteiger partial charge in [0.25, 0.3) is 0 Å². The highest BCUT2D eigenvalue weighted by atomic mass is 16.2. The summed E-state index contributed by atoms with van der Waals surface area (Å²) in [6, 6.07) is 0. The van der Waals surface area contributed by atoms with Gasteiger partial charge >= 0.3 is 0 Å². The fourth-order valence-corrected chi connectivity index (χ4v) is 1.35. The second-order valence-electron chi connectivity index (χ2n) is 2.91. The molecule has 1 aliphatic heterocycles. The van der Waals surface area contributed by atoms with Crippen LogP contribution in [0.2, 0.25) is 0 Å². The van der Waals surface area contributed by atoms with Crippen molar-refractivity contribution in [2.45, 2.75) is 26.4 Å². The second kappa shape index (κ2) is 2.62. The van der Waals surface area contributed by atoms with Gasteiger partial charge in [0.1, 0.15) is 12.4 Å². The summed E-state index contributed by atoms with van der Waals surface area (Å²) in [6.07, 6.45) is 2.88. The number of rotatable bonds is 1. The highest BCUT2D eigenvalue weighted by Crippen LogP contribution is 2.07. The first-order chi connectivity index (χ1) is 5.79. The zero-order valence-corrected chi connectivity index (χ0v) is 7.00. The van der Waals surface area contributed by atoms with E-state index in [1.54, 1.807) is 0 Å². The van der Waals surface area contributed by atoms with Crippen LogP contribution >= 0.6 is 0 Å². The SMILES string of the molecule is CCc1cn2c(n1)CNC(=O)C2. The van der Waals surface area contributed by atoms with E-state index in [0.29, 0.717) is 13.1 Å². The number of nitrogens with one attached hydrogen (secondary N) is 1. The Hall–Kier alpha value is -1.32. The molecule has 0 saturated heterocycles. The summed E-state index contributed by atoms with van der Waals surface area (Å²) in [4.78, 5) is 15.3. The Balaban J connectivity index is 2.34. The predicted octanol–water partition coefficient (Wildman–Crippen LogP) is 0.0753. The minimum atomic E-state index is 0.0718. The summed E-state index contributed by atoms with van der Waals surface area (Å²) in [5.41, 5.74) is 1.06. The molecular weight excluding hydrogens is 154 g/mol. The van der Waals surface area contributed by atoms with Gasteiger partial charge in [-0.25, -0.2) is 4.98 Å². The molecular formula is C8H11N3O. The number of carbonyl (C=O) groups excluding carboxylic acids is 1. The van der Waals surface area contributed by atoms with Crippen LogP contribution in [0, 0.1) is 0 Å². The maximum Gasteiger partial charge on any atom is 0.240 e. The van der Waals surface area contributed by atoms with E-state index in [4.69, 9.17) is 0 Å². The number of amides is 1.